The number of piperidine rings is 1. The van der Waals surface area contributed by atoms with Crippen molar-refractivity contribution in [1.82, 2.24) is 19.9 Å². The largest absolute Gasteiger partial charge is 0.508 e. The highest BCUT2D eigenvalue weighted by molar-refractivity contribution is 6.02. The molecule has 0 spiro atoms. The van der Waals surface area contributed by atoms with Gasteiger partial charge in [-0.3, -0.25) is 4.90 Å². The molecular weight excluding hydrogens is 703 g/mol. The van der Waals surface area contributed by atoms with E-state index in [1.807, 2.05) is 0 Å². The molecule has 4 aliphatic rings. The Labute approximate surface area is 312 Å². The minimum atomic E-state index is -1.27. The summed E-state index contributed by atoms with van der Waals surface area (Å²) in [6, 6.07) is 7.18. The van der Waals surface area contributed by atoms with Crippen molar-refractivity contribution >= 4 is 27.5 Å². The highest BCUT2D eigenvalue weighted by Crippen LogP contribution is 2.50. The molecule has 7 atom stereocenters. The van der Waals surface area contributed by atoms with Gasteiger partial charge in [0, 0.05) is 41.5 Å². The molecule has 8 rings (SSSR count). The molecule has 0 bridgehead atoms. The first-order chi connectivity index (χ1) is 25.8. The number of aliphatic hydroxyl groups is 1. The van der Waals surface area contributed by atoms with Crippen LogP contribution in [0.1, 0.15) is 59.3 Å². The topological polar surface area (TPSA) is 123 Å². The minimum Gasteiger partial charge on any atom is -0.508 e. The van der Waals surface area contributed by atoms with E-state index in [2.05, 4.69) is 28.7 Å². The van der Waals surface area contributed by atoms with E-state index in [9.17, 15) is 10.2 Å². The summed E-state index contributed by atoms with van der Waals surface area (Å²) in [7, 11) is 1.38. The predicted molar refractivity (Wildman–Crippen MR) is 197 cm³/mol. The number of β-amino-alcohol motifs (C(OH)–C–C–N with tert-alkyl or cyclic N) is 1. The first kappa shape index (κ1) is 37.0. The van der Waals surface area contributed by atoms with Gasteiger partial charge in [0.2, 0.25) is 5.88 Å². The van der Waals surface area contributed by atoms with Gasteiger partial charge in [0.1, 0.15) is 45.8 Å². The fraction of sp³-hybridized carbons (Fsp3) is 0.575. The van der Waals surface area contributed by atoms with Crippen molar-refractivity contribution in [2.75, 3.05) is 51.5 Å². The lowest BCUT2D eigenvalue weighted by atomic mass is 9.73. The number of halogens is 3. The van der Waals surface area contributed by atoms with Crippen molar-refractivity contribution in [3.8, 4) is 28.9 Å². The van der Waals surface area contributed by atoms with Crippen molar-refractivity contribution in [2.45, 2.75) is 95.4 Å². The fourth-order valence-electron chi connectivity index (χ4n) is 9.68. The molecule has 2 N–H and O–H groups in total. The second-order valence-electron chi connectivity index (χ2n) is 16.1. The van der Waals surface area contributed by atoms with Crippen LogP contribution in [0.15, 0.2) is 30.3 Å². The van der Waals surface area contributed by atoms with E-state index in [1.54, 1.807) is 17.9 Å². The molecule has 1 unspecified atom stereocenters. The monoisotopic (exact) mass is 751 g/mol. The summed E-state index contributed by atoms with van der Waals surface area (Å²) < 4.78 is 72.3. The Balaban J connectivity index is 1.24. The highest BCUT2D eigenvalue weighted by atomic mass is 19.1. The van der Waals surface area contributed by atoms with Gasteiger partial charge < -0.3 is 34.1 Å². The van der Waals surface area contributed by atoms with Crippen LogP contribution in [0.5, 0.6) is 17.6 Å². The zero-order chi connectivity index (χ0) is 37.9. The van der Waals surface area contributed by atoms with Crippen molar-refractivity contribution in [1.29, 1.82) is 0 Å². The van der Waals surface area contributed by atoms with Gasteiger partial charge in [0.25, 0.3) is 0 Å². The summed E-state index contributed by atoms with van der Waals surface area (Å²) in [5.74, 6) is -1.56. The summed E-state index contributed by atoms with van der Waals surface area (Å²) in [5.41, 5.74) is -2.27. The second-order valence-corrected chi connectivity index (χ2v) is 16.1. The van der Waals surface area contributed by atoms with Crippen LogP contribution < -0.4 is 14.4 Å². The van der Waals surface area contributed by atoms with Crippen molar-refractivity contribution in [3.63, 3.8) is 0 Å². The number of benzene rings is 2. The number of phenolic OH excluding ortho intramolecular Hbond substituents is 1. The number of anilines is 1. The third-order valence-electron chi connectivity index (χ3n) is 11.7. The number of rotatable bonds is 7. The van der Waals surface area contributed by atoms with Gasteiger partial charge >= 0.3 is 6.01 Å². The van der Waals surface area contributed by atoms with Gasteiger partial charge in [-0.2, -0.15) is 9.97 Å². The van der Waals surface area contributed by atoms with Crippen molar-refractivity contribution in [3.05, 3.63) is 42.0 Å². The molecule has 1 saturated carbocycles. The zero-order valence-electron chi connectivity index (χ0n) is 31.2. The van der Waals surface area contributed by atoms with Crippen LogP contribution in [0.25, 0.3) is 32.9 Å². The summed E-state index contributed by atoms with van der Waals surface area (Å²) in [4.78, 5) is 18.1. The maximum absolute atomic E-state index is 17.2. The number of aromatic hydroxyl groups is 1. The Hall–Kier alpha value is -3.98. The standard InChI is InChI=1S/C40H48F3N5O6/c1-22-13-26(14-23(2)54-22)48-18-25(41)17-40(10-6-9-30(40)48)21-53-38-45-35-32(36(46-38)47-11-12-52-20-39(3,50)19-47)37(51-4)44-34(33(35)43)28-16-27(49)15-24-7-5-8-29(42)31(24)28/h5,7-8,15-16,22-23,25-26,30,49-50H,6,9-14,17-21H2,1-4H3/t22-,23+,25-,26?,30+,39-,40+/m0/s1. The SMILES string of the molecule is COc1nc(-c2cc(O)cc3cccc(F)c23)c(F)c2nc(OC[C@]34CCC[C@H]3N(C3C[C@@H](C)O[C@@H](C)C3)C[C@@H](F)C4)nc(N3CCOC[C@@](C)(O)C3)c12. The second kappa shape index (κ2) is 14.3. The van der Waals surface area contributed by atoms with Crippen molar-refractivity contribution in [2.24, 2.45) is 5.41 Å². The number of likely N-dealkylation sites (tertiary alicyclic amines) is 1. The number of pyridine rings is 1. The fourth-order valence-corrected chi connectivity index (χ4v) is 9.68. The van der Waals surface area contributed by atoms with Gasteiger partial charge in [-0.1, -0.05) is 18.6 Å². The maximum Gasteiger partial charge on any atom is 0.319 e. The molecule has 14 heteroatoms. The molecule has 4 aromatic rings. The van der Waals surface area contributed by atoms with E-state index in [0.29, 0.717) is 24.9 Å². The number of methoxy groups -OCH3 is 1. The predicted octanol–water partition coefficient (Wildman–Crippen LogP) is 6.34. The quantitative estimate of drug-likeness (QED) is 0.220. The summed E-state index contributed by atoms with van der Waals surface area (Å²) in [6.07, 6.45) is 3.73. The van der Waals surface area contributed by atoms with Crippen molar-refractivity contribution < 1.29 is 42.3 Å². The number of fused-ring (bicyclic) bond motifs is 3. The smallest absolute Gasteiger partial charge is 0.319 e. The molecule has 5 heterocycles. The third kappa shape index (κ3) is 6.79. The average molecular weight is 752 g/mol. The van der Waals surface area contributed by atoms with Crippen LogP contribution in [-0.4, -0.2) is 113 Å². The Morgan fingerprint density at radius 1 is 1.07 bits per heavy atom. The molecule has 2 aromatic heterocycles. The average Bonchev–Trinajstić information content (AvgIpc) is 3.45. The lowest BCUT2D eigenvalue weighted by molar-refractivity contribution is -0.110. The highest BCUT2D eigenvalue weighted by Gasteiger charge is 2.53. The Bertz CT molecular complexity index is 2050. The molecule has 0 radical (unpaired) electrons. The van der Waals surface area contributed by atoms with Gasteiger partial charge in [-0.05, 0) is 76.5 Å². The third-order valence-corrected chi connectivity index (χ3v) is 11.7. The van der Waals surface area contributed by atoms with Gasteiger partial charge in [-0.15, -0.1) is 0 Å². The van der Waals surface area contributed by atoms with E-state index in [0.717, 1.165) is 32.1 Å². The number of phenols is 1. The van der Waals surface area contributed by atoms with E-state index in [4.69, 9.17) is 23.9 Å². The van der Waals surface area contributed by atoms with Gasteiger partial charge in [-0.25, -0.2) is 18.2 Å². The van der Waals surface area contributed by atoms with Crippen LogP contribution in [-0.2, 0) is 9.47 Å². The van der Waals surface area contributed by atoms with Crippen LogP contribution >= 0.6 is 0 Å². The van der Waals surface area contributed by atoms with Crippen LogP contribution in [0, 0.1) is 17.0 Å². The minimum absolute atomic E-state index is 0.00950. The summed E-state index contributed by atoms with van der Waals surface area (Å²) in [5, 5.41) is 22.3. The van der Waals surface area contributed by atoms with Gasteiger partial charge in [0.05, 0.1) is 45.7 Å². The Kier molecular flexibility index (Phi) is 9.77. The molecule has 54 heavy (non-hydrogen) atoms. The zero-order valence-corrected chi connectivity index (χ0v) is 31.2. The molecule has 3 aliphatic heterocycles. The lowest BCUT2D eigenvalue weighted by Gasteiger charge is -2.52. The number of aromatic nitrogens is 3. The molecular formula is C40H48F3N5O6. The Morgan fingerprint density at radius 3 is 2.65 bits per heavy atom. The Morgan fingerprint density at radius 2 is 1.87 bits per heavy atom. The molecule has 4 fully saturated rings. The molecule has 11 nitrogen and oxygen atoms in total. The van der Waals surface area contributed by atoms with Crippen LogP contribution in [0.2, 0.25) is 0 Å². The van der Waals surface area contributed by atoms with Crippen LogP contribution in [0.3, 0.4) is 0 Å². The summed E-state index contributed by atoms with van der Waals surface area (Å²) >= 11 is 0. The normalized spacial score (nSPS) is 30.7. The lowest BCUT2D eigenvalue weighted by Crippen LogP contribution is -2.60. The molecule has 3 saturated heterocycles. The van der Waals surface area contributed by atoms with E-state index >= 15 is 13.2 Å². The first-order valence-electron chi connectivity index (χ1n) is 18.9. The number of alkyl halides is 1. The number of hydrogen-bond donors (Lipinski definition) is 2. The van der Waals surface area contributed by atoms with E-state index in [1.165, 1.54) is 31.4 Å². The van der Waals surface area contributed by atoms with E-state index in [-0.39, 0.29) is 102 Å². The maximum atomic E-state index is 17.2. The summed E-state index contributed by atoms with van der Waals surface area (Å²) in [6.45, 7) is 6.99. The molecule has 0 amide bonds. The first-order valence-corrected chi connectivity index (χ1v) is 18.9. The molecule has 2 aromatic carbocycles. The van der Waals surface area contributed by atoms with E-state index < -0.39 is 28.8 Å². The number of ether oxygens (including phenoxy) is 4. The molecule has 1 aliphatic carbocycles. The number of hydrogen-bond acceptors (Lipinski definition) is 11. The van der Waals surface area contributed by atoms with Crippen LogP contribution in [0.4, 0.5) is 19.0 Å². The van der Waals surface area contributed by atoms with Gasteiger partial charge in [0.15, 0.2) is 5.82 Å². The molecule has 290 valence electrons. The number of nitrogens with zero attached hydrogens (tertiary/aromatic N) is 5.